The molecule has 0 saturated heterocycles. The number of nitrogens with two attached hydrogens (primary N) is 1. The molecule has 5 nitrogen and oxygen atoms in total. The van der Waals surface area contributed by atoms with E-state index in [4.69, 9.17) is 10.5 Å². The van der Waals surface area contributed by atoms with Gasteiger partial charge in [0.05, 0.1) is 7.11 Å². The summed E-state index contributed by atoms with van der Waals surface area (Å²) in [6.45, 7) is 0.219. The SMILES string of the molecule is COc1ccc(N(CCC(N)=O)C(=O)c2ccc(Br)cc2)cc1. The van der Waals surface area contributed by atoms with Crippen molar-refractivity contribution in [2.45, 2.75) is 6.42 Å². The minimum atomic E-state index is -0.452. The van der Waals surface area contributed by atoms with E-state index in [0.29, 0.717) is 17.0 Å². The van der Waals surface area contributed by atoms with Gasteiger partial charge in [-0.05, 0) is 48.5 Å². The van der Waals surface area contributed by atoms with Gasteiger partial charge in [0.2, 0.25) is 5.91 Å². The number of amides is 2. The Labute approximate surface area is 143 Å². The highest BCUT2D eigenvalue weighted by atomic mass is 79.9. The summed E-state index contributed by atoms with van der Waals surface area (Å²) in [7, 11) is 1.58. The molecule has 6 heteroatoms. The maximum Gasteiger partial charge on any atom is 0.258 e. The van der Waals surface area contributed by atoms with E-state index in [-0.39, 0.29) is 18.9 Å². The Hall–Kier alpha value is -2.34. The second kappa shape index (κ2) is 7.78. The van der Waals surface area contributed by atoms with Crippen LogP contribution in [0.2, 0.25) is 0 Å². The molecule has 2 aromatic rings. The maximum atomic E-state index is 12.8. The van der Waals surface area contributed by atoms with Crippen molar-refractivity contribution >= 4 is 33.4 Å². The third-order valence-electron chi connectivity index (χ3n) is 3.30. The van der Waals surface area contributed by atoms with Crippen LogP contribution in [0.1, 0.15) is 16.8 Å². The van der Waals surface area contributed by atoms with Gasteiger partial charge in [-0.3, -0.25) is 9.59 Å². The molecule has 0 atom stereocenters. The lowest BCUT2D eigenvalue weighted by Gasteiger charge is -2.22. The molecule has 2 N–H and O–H groups in total. The molecule has 0 heterocycles. The number of carbonyl (C=O) groups excluding carboxylic acids is 2. The molecule has 0 saturated carbocycles. The van der Waals surface area contributed by atoms with Gasteiger partial charge < -0.3 is 15.4 Å². The lowest BCUT2D eigenvalue weighted by Crippen LogP contribution is -2.34. The van der Waals surface area contributed by atoms with Crippen LogP contribution in [0.15, 0.2) is 53.0 Å². The summed E-state index contributed by atoms with van der Waals surface area (Å²) in [6.07, 6.45) is 0.0916. The molecule has 0 radical (unpaired) electrons. The number of benzene rings is 2. The number of rotatable bonds is 6. The number of nitrogens with zero attached hydrogens (tertiary/aromatic N) is 1. The van der Waals surface area contributed by atoms with Gasteiger partial charge in [0.25, 0.3) is 5.91 Å². The monoisotopic (exact) mass is 376 g/mol. The standard InChI is InChI=1S/C17H17BrN2O3/c1-23-15-8-6-14(7-9-15)20(11-10-16(19)21)17(22)12-2-4-13(18)5-3-12/h2-9H,10-11H2,1H3,(H2,19,21). The molecule has 0 aliphatic rings. The van der Waals surface area contributed by atoms with Crippen molar-refractivity contribution in [1.82, 2.24) is 0 Å². The third kappa shape index (κ3) is 4.56. The molecule has 0 aliphatic carbocycles. The van der Waals surface area contributed by atoms with Crippen molar-refractivity contribution < 1.29 is 14.3 Å². The molecular weight excluding hydrogens is 360 g/mol. The summed E-state index contributed by atoms with van der Waals surface area (Å²) in [5.74, 6) is 0.0516. The molecule has 0 aliphatic heterocycles. The van der Waals surface area contributed by atoms with Crippen LogP contribution < -0.4 is 15.4 Å². The molecule has 2 rings (SSSR count). The number of halogens is 1. The number of hydrogen-bond donors (Lipinski definition) is 1. The minimum Gasteiger partial charge on any atom is -0.497 e. The fraction of sp³-hybridized carbons (Fsp3) is 0.176. The van der Waals surface area contributed by atoms with Crippen LogP contribution in [0.5, 0.6) is 5.75 Å². The number of methoxy groups -OCH3 is 1. The van der Waals surface area contributed by atoms with Crippen molar-refractivity contribution in [3.05, 3.63) is 58.6 Å². The highest BCUT2D eigenvalue weighted by Gasteiger charge is 2.18. The fourth-order valence-corrected chi connectivity index (χ4v) is 2.34. The molecule has 0 bridgehead atoms. The highest BCUT2D eigenvalue weighted by molar-refractivity contribution is 9.10. The number of ether oxygens (including phenoxy) is 1. The first-order valence-corrected chi connectivity index (χ1v) is 7.80. The van der Waals surface area contributed by atoms with E-state index >= 15 is 0 Å². The Kier molecular flexibility index (Phi) is 5.76. The van der Waals surface area contributed by atoms with E-state index in [1.54, 1.807) is 55.6 Å². The molecule has 0 aromatic heterocycles. The average Bonchev–Trinajstić information content (AvgIpc) is 2.56. The lowest BCUT2D eigenvalue weighted by atomic mass is 10.1. The zero-order chi connectivity index (χ0) is 16.8. The van der Waals surface area contributed by atoms with Crippen molar-refractivity contribution in [3.63, 3.8) is 0 Å². The summed E-state index contributed by atoms with van der Waals surface area (Å²) in [5.41, 5.74) is 6.44. The van der Waals surface area contributed by atoms with E-state index in [9.17, 15) is 9.59 Å². The molecule has 2 amide bonds. The molecule has 0 spiro atoms. The second-order valence-corrected chi connectivity index (χ2v) is 5.79. The van der Waals surface area contributed by atoms with E-state index in [1.807, 2.05) is 0 Å². The first-order chi connectivity index (χ1) is 11.0. The van der Waals surface area contributed by atoms with Crippen LogP contribution >= 0.6 is 15.9 Å². The van der Waals surface area contributed by atoms with Crippen LogP contribution in [0.25, 0.3) is 0 Å². The number of hydrogen-bond acceptors (Lipinski definition) is 3. The fourth-order valence-electron chi connectivity index (χ4n) is 2.08. The Morgan fingerprint density at radius 3 is 2.22 bits per heavy atom. The van der Waals surface area contributed by atoms with Crippen molar-refractivity contribution in [3.8, 4) is 5.75 Å². The smallest absolute Gasteiger partial charge is 0.258 e. The van der Waals surface area contributed by atoms with Crippen molar-refractivity contribution in [2.75, 3.05) is 18.6 Å². The maximum absolute atomic E-state index is 12.8. The molecule has 0 fully saturated rings. The van der Waals surface area contributed by atoms with E-state index in [1.165, 1.54) is 4.90 Å². The zero-order valence-corrected chi connectivity index (χ0v) is 14.2. The normalized spacial score (nSPS) is 10.2. The molecule has 2 aromatic carbocycles. The summed E-state index contributed by atoms with van der Waals surface area (Å²) < 4.78 is 6.01. The third-order valence-corrected chi connectivity index (χ3v) is 3.83. The Morgan fingerprint density at radius 1 is 1.09 bits per heavy atom. The summed E-state index contributed by atoms with van der Waals surface area (Å²) >= 11 is 3.34. The molecule has 23 heavy (non-hydrogen) atoms. The van der Waals surface area contributed by atoms with E-state index in [2.05, 4.69) is 15.9 Å². The van der Waals surface area contributed by atoms with E-state index < -0.39 is 5.91 Å². The van der Waals surface area contributed by atoms with Crippen LogP contribution in [0.3, 0.4) is 0 Å². The van der Waals surface area contributed by atoms with Crippen LogP contribution in [-0.4, -0.2) is 25.5 Å². The number of anilines is 1. The molecule has 120 valence electrons. The molecule has 0 unspecified atom stereocenters. The summed E-state index contributed by atoms with van der Waals surface area (Å²) in [5, 5.41) is 0. The summed E-state index contributed by atoms with van der Waals surface area (Å²) in [6, 6.07) is 14.1. The van der Waals surface area contributed by atoms with Gasteiger partial charge in [0.15, 0.2) is 0 Å². The van der Waals surface area contributed by atoms with Gasteiger partial charge in [-0.2, -0.15) is 0 Å². The first-order valence-electron chi connectivity index (χ1n) is 7.01. The number of carbonyl (C=O) groups is 2. The van der Waals surface area contributed by atoms with Crippen LogP contribution in [0, 0.1) is 0 Å². The average molecular weight is 377 g/mol. The van der Waals surface area contributed by atoms with Gasteiger partial charge in [-0.25, -0.2) is 0 Å². The zero-order valence-electron chi connectivity index (χ0n) is 12.7. The van der Waals surface area contributed by atoms with Crippen LogP contribution in [0.4, 0.5) is 5.69 Å². The Bertz CT molecular complexity index is 684. The van der Waals surface area contributed by atoms with Gasteiger partial charge in [-0.1, -0.05) is 15.9 Å². The molecular formula is C17H17BrN2O3. The van der Waals surface area contributed by atoms with E-state index in [0.717, 1.165) is 4.47 Å². The topological polar surface area (TPSA) is 72.6 Å². The quantitative estimate of drug-likeness (QED) is 0.841. The second-order valence-electron chi connectivity index (χ2n) is 4.88. The van der Waals surface area contributed by atoms with Gasteiger partial charge >= 0.3 is 0 Å². The Morgan fingerprint density at radius 2 is 1.70 bits per heavy atom. The minimum absolute atomic E-state index is 0.0916. The predicted octanol–water partition coefficient (Wildman–Crippen LogP) is 2.98. The van der Waals surface area contributed by atoms with Crippen molar-refractivity contribution in [2.24, 2.45) is 5.73 Å². The van der Waals surface area contributed by atoms with Gasteiger partial charge in [0.1, 0.15) is 5.75 Å². The van der Waals surface area contributed by atoms with Gasteiger partial charge in [-0.15, -0.1) is 0 Å². The lowest BCUT2D eigenvalue weighted by molar-refractivity contribution is -0.117. The van der Waals surface area contributed by atoms with Crippen molar-refractivity contribution in [1.29, 1.82) is 0 Å². The largest absolute Gasteiger partial charge is 0.497 e. The first kappa shape index (κ1) is 17.0. The predicted molar refractivity (Wildman–Crippen MR) is 92.6 cm³/mol. The number of primary amides is 1. The highest BCUT2D eigenvalue weighted by Crippen LogP contribution is 2.22. The summed E-state index contributed by atoms with van der Waals surface area (Å²) in [4.78, 5) is 25.4. The van der Waals surface area contributed by atoms with Gasteiger partial charge in [0, 0.05) is 28.7 Å². The van der Waals surface area contributed by atoms with Crippen LogP contribution in [-0.2, 0) is 4.79 Å². The Balaban J connectivity index is 2.29.